The van der Waals surface area contributed by atoms with E-state index in [1.165, 1.54) is 0 Å². The first-order chi connectivity index (χ1) is 12.5. The summed E-state index contributed by atoms with van der Waals surface area (Å²) in [5.74, 6) is 0.618. The quantitative estimate of drug-likeness (QED) is 0.222. The smallest absolute Gasteiger partial charge is 0.240 e. The van der Waals surface area contributed by atoms with Crippen LogP contribution >= 0.6 is 24.0 Å². The fraction of sp³-hybridized carbons (Fsp3) is 0.333. The van der Waals surface area contributed by atoms with E-state index in [1.807, 2.05) is 32.0 Å². The number of hydrogen-bond donors (Lipinski definition) is 3. The Morgan fingerprint density at radius 2 is 1.81 bits per heavy atom. The predicted molar refractivity (Wildman–Crippen MR) is 119 cm³/mol. The van der Waals surface area contributed by atoms with Gasteiger partial charge in [0.25, 0.3) is 0 Å². The molecule has 0 saturated heterocycles. The minimum atomic E-state index is -3.50. The number of aliphatic imine (C=N–C) groups is 1. The van der Waals surface area contributed by atoms with Gasteiger partial charge in [0, 0.05) is 25.8 Å². The summed E-state index contributed by atoms with van der Waals surface area (Å²) >= 11 is 0. The van der Waals surface area contributed by atoms with Crippen LogP contribution in [0.15, 0.2) is 58.5 Å². The fourth-order valence-corrected chi connectivity index (χ4v) is 3.19. The molecular weight excluding hydrogens is 477 g/mol. The number of guanidine groups is 1. The van der Waals surface area contributed by atoms with Crippen molar-refractivity contribution in [3.8, 4) is 0 Å². The van der Waals surface area contributed by atoms with Gasteiger partial charge in [0.1, 0.15) is 0 Å². The summed E-state index contributed by atoms with van der Waals surface area (Å²) in [7, 11) is -3.50. The molecule has 0 bridgehead atoms. The van der Waals surface area contributed by atoms with Gasteiger partial charge in [-0.25, -0.2) is 18.1 Å². The maximum Gasteiger partial charge on any atom is 0.240 e. The van der Waals surface area contributed by atoms with Gasteiger partial charge < -0.3 is 10.6 Å². The summed E-state index contributed by atoms with van der Waals surface area (Å²) in [5, 5.41) is 6.23. The second-order valence-corrected chi connectivity index (χ2v) is 7.42. The van der Waals surface area contributed by atoms with Crippen LogP contribution in [0.3, 0.4) is 0 Å². The Hall–Kier alpha value is -1.72. The average molecular weight is 503 g/mol. The van der Waals surface area contributed by atoms with Crippen molar-refractivity contribution in [2.45, 2.75) is 25.3 Å². The predicted octanol–water partition coefficient (Wildman–Crippen LogP) is 2.04. The van der Waals surface area contributed by atoms with Crippen molar-refractivity contribution in [3.05, 3.63) is 59.9 Å². The van der Waals surface area contributed by atoms with Gasteiger partial charge in [-0.3, -0.25) is 4.98 Å². The van der Waals surface area contributed by atoms with E-state index in [4.69, 9.17) is 0 Å². The second-order valence-electron chi connectivity index (χ2n) is 5.65. The Bertz CT molecular complexity index is 811. The van der Waals surface area contributed by atoms with Crippen LogP contribution in [0, 0.1) is 6.92 Å². The number of pyridine rings is 1. The van der Waals surface area contributed by atoms with E-state index in [9.17, 15) is 8.42 Å². The van der Waals surface area contributed by atoms with Crippen LogP contribution in [-0.4, -0.2) is 39.0 Å². The maximum absolute atomic E-state index is 12.2. The van der Waals surface area contributed by atoms with Gasteiger partial charge in [-0.2, -0.15) is 0 Å². The third kappa shape index (κ3) is 8.22. The number of nitrogens with zero attached hydrogens (tertiary/aromatic N) is 2. The van der Waals surface area contributed by atoms with Crippen LogP contribution in [0.5, 0.6) is 0 Å². The van der Waals surface area contributed by atoms with Gasteiger partial charge in [0.05, 0.1) is 17.1 Å². The van der Waals surface area contributed by atoms with Gasteiger partial charge in [-0.05, 0) is 38.1 Å². The zero-order chi connectivity index (χ0) is 18.8. The lowest BCUT2D eigenvalue weighted by atomic mass is 10.2. The van der Waals surface area contributed by atoms with Gasteiger partial charge in [0.2, 0.25) is 10.0 Å². The Morgan fingerprint density at radius 3 is 2.44 bits per heavy atom. The molecule has 7 nitrogen and oxygen atoms in total. The third-order valence-corrected chi connectivity index (χ3v) is 4.99. The van der Waals surface area contributed by atoms with Crippen LogP contribution in [0.2, 0.25) is 0 Å². The van der Waals surface area contributed by atoms with Crippen molar-refractivity contribution in [1.29, 1.82) is 0 Å². The number of nitrogens with one attached hydrogen (secondary N) is 3. The molecule has 0 aliphatic rings. The lowest BCUT2D eigenvalue weighted by Crippen LogP contribution is -2.41. The molecule has 0 spiro atoms. The summed E-state index contributed by atoms with van der Waals surface area (Å²) in [4.78, 5) is 8.93. The third-order valence-electron chi connectivity index (χ3n) is 3.51. The minimum absolute atomic E-state index is 0. The molecule has 0 unspecified atom stereocenters. The molecule has 0 saturated carbocycles. The summed E-state index contributed by atoms with van der Waals surface area (Å²) < 4.78 is 27.0. The molecule has 0 aliphatic heterocycles. The van der Waals surface area contributed by atoms with E-state index in [0.717, 1.165) is 11.3 Å². The Morgan fingerprint density at radius 1 is 1.07 bits per heavy atom. The van der Waals surface area contributed by atoms with Crippen LogP contribution in [0.25, 0.3) is 0 Å². The highest BCUT2D eigenvalue weighted by molar-refractivity contribution is 14.0. The molecule has 148 valence electrons. The van der Waals surface area contributed by atoms with E-state index < -0.39 is 10.0 Å². The first-order valence-corrected chi connectivity index (χ1v) is 9.98. The molecule has 0 atom stereocenters. The van der Waals surface area contributed by atoms with Crippen LogP contribution in [0.4, 0.5) is 0 Å². The largest absolute Gasteiger partial charge is 0.357 e. The minimum Gasteiger partial charge on any atom is -0.357 e. The van der Waals surface area contributed by atoms with E-state index >= 15 is 0 Å². The highest BCUT2D eigenvalue weighted by atomic mass is 127. The number of hydrogen-bond acceptors (Lipinski definition) is 4. The molecule has 2 aromatic rings. The molecule has 0 amide bonds. The number of rotatable bonds is 8. The number of sulfonamides is 1. The maximum atomic E-state index is 12.2. The van der Waals surface area contributed by atoms with Gasteiger partial charge in [-0.1, -0.05) is 23.8 Å². The molecule has 0 radical (unpaired) electrons. The normalized spacial score (nSPS) is 11.6. The lowest BCUT2D eigenvalue weighted by molar-refractivity contribution is 0.580. The van der Waals surface area contributed by atoms with E-state index in [-0.39, 0.29) is 35.4 Å². The molecule has 1 heterocycles. The summed E-state index contributed by atoms with van der Waals surface area (Å²) in [6.07, 6.45) is 1.73. The molecule has 3 N–H and O–H groups in total. The zero-order valence-electron chi connectivity index (χ0n) is 15.5. The molecule has 27 heavy (non-hydrogen) atoms. The number of aryl methyl sites for hydroxylation is 1. The topological polar surface area (TPSA) is 95.5 Å². The fourth-order valence-electron chi connectivity index (χ4n) is 2.16. The van der Waals surface area contributed by atoms with Crippen molar-refractivity contribution in [2.24, 2.45) is 4.99 Å². The van der Waals surface area contributed by atoms with Crippen molar-refractivity contribution >= 4 is 40.0 Å². The first-order valence-electron chi connectivity index (χ1n) is 8.49. The Labute approximate surface area is 178 Å². The SMILES string of the molecule is CCNC(=NCc1ccccn1)NCCNS(=O)(=O)c1ccc(C)cc1.I. The van der Waals surface area contributed by atoms with Crippen molar-refractivity contribution < 1.29 is 8.42 Å². The summed E-state index contributed by atoms with van der Waals surface area (Å²) in [6.45, 7) is 5.72. The van der Waals surface area contributed by atoms with Gasteiger partial charge in [0.15, 0.2) is 5.96 Å². The monoisotopic (exact) mass is 503 g/mol. The Balaban J connectivity index is 0.00000364. The van der Waals surface area contributed by atoms with Crippen LogP contribution in [-0.2, 0) is 16.6 Å². The molecular formula is C18H26IN5O2S. The molecule has 1 aromatic carbocycles. The van der Waals surface area contributed by atoms with Gasteiger partial charge >= 0.3 is 0 Å². The van der Waals surface area contributed by atoms with Crippen molar-refractivity contribution in [3.63, 3.8) is 0 Å². The zero-order valence-corrected chi connectivity index (χ0v) is 18.6. The standard InChI is InChI=1S/C18H25N5O2S.HI/c1-3-19-18(22-14-16-6-4-5-11-20-16)21-12-13-23-26(24,25)17-9-7-15(2)8-10-17;/h4-11,23H,3,12-14H2,1-2H3,(H2,19,21,22);1H. The van der Waals surface area contributed by atoms with Crippen LogP contribution < -0.4 is 15.4 Å². The van der Waals surface area contributed by atoms with E-state index in [0.29, 0.717) is 25.6 Å². The molecule has 1 aromatic heterocycles. The summed E-state index contributed by atoms with van der Waals surface area (Å²) in [6, 6.07) is 12.4. The first kappa shape index (κ1) is 23.3. The van der Waals surface area contributed by atoms with Crippen molar-refractivity contribution in [1.82, 2.24) is 20.3 Å². The molecule has 9 heteroatoms. The second kappa shape index (κ2) is 11.9. The summed E-state index contributed by atoms with van der Waals surface area (Å²) in [5.41, 5.74) is 1.88. The molecule has 2 rings (SSSR count). The number of benzene rings is 1. The van der Waals surface area contributed by atoms with E-state index in [2.05, 4.69) is 25.3 Å². The van der Waals surface area contributed by atoms with Crippen molar-refractivity contribution in [2.75, 3.05) is 19.6 Å². The Kier molecular flexibility index (Phi) is 10.3. The number of aromatic nitrogens is 1. The van der Waals surface area contributed by atoms with E-state index in [1.54, 1.807) is 30.5 Å². The highest BCUT2D eigenvalue weighted by Gasteiger charge is 2.12. The molecule has 0 aliphatic carbocycles. The van der Waals surface area contributed by atoms with Gasteiger partial charge in [-0.15, -0.1) is 24.0 Å². The molecule has 0 fully saturated rings. The highest BCUT2D eigenvalue weighted by Crippen LogP contribution is 2.09. The lowest BCUT2D eigenvalue weighted by Gasteiger charge is -2.12. The van der Waals surface area contributed by atoms with Crippen LogP contribution in [0.1, 0.15) is 18.2 Å². The number of halogens is 1. The average Bonchev–Trinajstić information content (AvgIpc) is 2.64.